The topological polar surface area (TPSA) is 58.2 Å². The van der Waals surface area contributed by atoms with Crippen LogP contribution in [0.5, 0.6) is 0 Å². The number of hydrogen-bond acceptors (Lipinski definition) is 4. The summed E-state index contributed by atoms with van der Waals surface area (Å²) < 4.78 is 22.6. The van der Waals surface area contributed by atoms with Gasteiger partial charge >= 0.3 is 0 Å². The minimum atomic E-state index is -3.01. The van der Waals surface area contributed by atoms with Crippen LogP contribution in [0.1, 0.15) is 13.8 Å². The summed E-state index contributed by atoms with van der Waals surface area (Å²) in [6.07, 6.45) is 1.26. The van der Waals surface area contributed by atoms with Gasteiger partial charge in [0.05, 0.1) is 0 Å². The van der Waals surface area contributed by atoms with Gasteiger partial charge in [-0.15, -0.1) is 0 Å². The first-order chi connectivity index (χ1) is 5.34. The van der Waals surface area contributed by atoms with Gasteiger partial charge in [-0.05, 0) is 13.8 Å². The Balaban J connectivity index is 2.88. The highest BCUT2D eigenvalue weighted by molar-refractivity contribution is 7.91. The molecule has 0 spiro atoms. The molecule has 0 bridgehead atoms. The smallest absolute Gasteiger partial charge is 0.165 e. The summed E-state index contributed by atoms with van der Waals surface area (Å²) >= 11 is 0. The first-order valence-electron chi connectivity index (χ1n) is 4.01. The van der Waals surface area contributed by atoms with Crippen LogP contribution in [0.3, 0.4) is 0 Å². The van der Waals surface area contributed by atoms with Crippen molar-refractivity contribution in [2.24, 2.45) is 0 Å². The van der Waals surface area contributed by atoms with Crippen molar-refractivity contribution in [3.63, 3.8) is 0 Å². The van der Waals surface area contributed by atoms with Gasteiger partial charge in [-0.25, -0.2) is 8.42 Å². The zero-order chi connectivity index (χ0) is 9.41. The standard InChI is InChI=1S/C7H16N2O2S/c1-7(2)6(12(3,10)11)8-4-5-9-7/h6,8-9H,4-5H2,1-3H3. The molecule has 0 aromatic rings. The predicted molar refractivity (Wildman–Crippen MR) is 48.7 cm³/mol. The molecule has 0 amide bonds. The number of rotatable bonds is 1. The van der Waals surface area contributed by atoms with E-state index in [1.807, 2.05) is 13.8 Å². The lowest BCUT2D eigenvalue weighted by molar-refractivity contribution is 0.289. The highest BCUT2D eigenvalue weighted by atomic mass is 32.2. The normalized spacial score (nSPS) is 30.1. The molecule has 0 aromatic heterocycles. The van der Waals surface area contributed by atoms with Crippen molar-refractivity contribution in [3.05, 3.63) is 0 Å². The number of piperazine rings is 1. The second-order valence-electron chi connectivity index (χ2n) is 3.81. The zero-order valence-corrected chi connectivity index (χ0v) is 8.53. The maximum Gasteiger partial charge on any atom is 0.165 e. The Kier molecular flexibility index (Phi) is 2.47. The number of nitrogens with one attached hydrogen (secondary N) is 2. The van der Waals surface area contributed by atoms with Crippen molar-refractivity contribution < 1.29 is 8.42 Å². The molecule has 0 radical (unpaired) electrons. The Hall–Kier alpha value is -0.130. The van der Waals surface area contributed by atoms with Gasteiger partial charge in [-0.2, -0.15) is 0 Å². The molecule has 4 nitrogen and oxygen atoms in total. The molecule has 1 heterocycles. The van der Waals surface area contributed by atoms with Crippen LogP contribution < -0.4 is 10.6 Å². The summed E-state index contributed by atoms with van der Waals surface area (Å²) in [5, 5.41) is 5.70. The maximum absolute atomic E-state index is 11.3. The third-order valence-corrected chi connectivity index (χ3v) is 3.73. The maximum atomic E-state index is 11.3. The van der Waals surface area contributed by atoms with Gasteiger partial charge in [-0.1, -0.05) is 0 Å². The van der Waals surface area contributed by atoms with Crippen molar-refractivity contribution in [2.45, 2.75) is 24.8 Å². The molecule has 1 aliphatic rings. The van der Waals surface area contributed by atoms with E-state index in [9.17, 15) is 8.42 Å². The van der Waals surface area contributed by atoms with E-state index in [0.717, 1.165) is 6.54 Å². The van der Waals surface area contributed by atoms with E-state index in [-0.39, 0.29) is 5.54 Å². The van der Waals surface area contributed by atoms with Crippen molar-refractivity contribution in [3.8, 4) is 0 Å². The first-order valence-corrected chi connectivity index (χ1v) is 5.97. The Morgan fingerprint density at radius 3 is 2.25 bits per heavy atom. The van der Waals surface area contributed by atoms with Gasteiger partial charge in [0.15, 0.2) is 9.84 Å². The lowest BCUT2D eigenvalue weighted by Gasteiger charge is -2.38. The summed E-state index contributed by atoms with van der Waals surface area (Å²) in [5.41, 5.74) is -0.369. The van der Waals surface area contributed by atoms with E-state index < -0.39 is 15.2 Å². The zero-order valence-electron chi connectivity index (χ0n) is 7.72. The molecule has 12 heavy (non-hydrogen) atoms. The summed E-state index contributed by atoms with van der Waals surface area (Å²) in [4.78, 5) is 0. The van der Waals surface area contributed by atoms with E-state index >= 15 is 0 Å². The molecular weight excluding hydrogens is 176 g/mol. The second-order valence-corrected chi connectivity index (χ2v) is 5.94. The fourth-order valence-electron chi connectivity index (χ4n) is 1.62. The average molecular weight is 192 g/mol. The van der Waals surface area contributed by atoms with Crippen LogP contribution >= 0.6 is 0 Å². The summed E-state index contributed by atoms with van der Waals surface area (Å²) in [5.74, 6) is 0. The Bertz CT molecular complexity index is 259. The Morgan fingerprint density at radius 1 is 1.33 bits per heavy atom. The molecule has 0 saturated carbocycles. The molecule has 2 N–H and O–H groups in total. The van der Waals surface area contributed by atoms with Crippen molar-refractivity contribution >= 4 is 9.84 Å². The minimum Gasteiger partial charge on any atom is -0.308 e. The fraction of sp³-hybridized carbons (Fsp3) is 1.00. The molecule has 0 aliphatic carbocycles. The average Bonchev–Trinajstić information content (AvgIpc) is 1.83. The van der Waals surface area contributed by atoms with Gasteiger partial charge in [-0.3, -0.25) is 5.32 Å². The Morgan fingerprint density at radius 2 is 1.92 bits per heavy atom. The molecule has 72 valence electrons. The van der Waals surface area contributed by atoms with Crippen molar-refractivity contribution in [1.29, 1.82) is 0 Å². The van der Waals surface area contributed by atoms with Gasteiger partial charge in [0.25, 0.3) is 0 Å². The summed E-state index contributed by atoms with van der Waals surface area (Å²) in [6, 6.07) is 0. The summed E-state index contributed by atoms with van der Waals surface area (Å²) in [6.45, 7) is 5.32. The van der Waals surface area contributed by atoms with Crippen LogP contribution in [0, 0.1) is 0 Å². The molecular formula is C7H16N2O2S. The number of sulfone groups is 1. The van der Waals surface area contributed by atoms with E-state index in [0.29, 0.717) is 6.54 Å². The monoisotopic (exact) mass is 192 g/mol. The highest BCUT2D eigenvalue weighted by Gasteiger charge is 2.38. The number of hydrogen-bond donors (Lipinski definition) is 2. The van der Waals surface area contributed by atoms with Crippen molar-refractivity contribution in [2.75, 3.05) is 19.3 Å². The molecule has 1 rings (SSSR count). The summed E-state index contributed by atoms with van der Waals surface area (Å²) in [7, 11) is -3.01. The molecule has 1 saturated heterocycles. The van der Waals surface area contributed by atoms with Crippen LogP contribution in [0.25, 0.3) is 0 Å². The van der Waals surface area contributed by atoms with E-state index in [2.05, 4.69) is 10.6 Å². The van der Waals surface area contributed by atoms with Gasteiger partial charge in [0.1, 0.15) is 5.37 Å². The lowest BCUT2D eigenvalue weighted by atomic mass is 10.0. The third kappa shape index (κ3) is 1.97. The van der Waals surface area contributed by atoms with Crippen LogP contribution in [0.4, 0.5) is 0 Å². The van der Waals surface area contributed by atoms with Crippen molar-refractivity contribution in [1.82, 2.24) is 10.6 Å². The van der Waals surface area contributed by atoms with Crippen LogP contribution in [-0.4, -0.2) is 38.7 Å². The molecule has 5 heteroatoms. The second kappa shape index (κ2) is 2.97. The van der Waals surface area contributed by atoms with Gasteiger partial charge in [0, 0.05) is 24.9 Å². The largest absolute Gasteiger partial charge is 0.308 e. The van der Waals surface area contributed by atoms with Gasteiger partial charge < -0.3 is 5.32 Å². The Labute approximate surface area is 73.6 Å². The SMILES string of the molecule is CC1(C)NCCNC1S(C)(=O)=O. The van der Waals surface area contributed by atoms with E-state index in [4.69, 9.17) is 0 Å². The van der Waals surface area contributed by atoms with E-state index in [1.54, 1.807) is 0 Å². The van der Waals surface area contributed by atoms with Crippen LogP contribution in [0.2, 0.25) is 0 Å². The quantitative estimate of drug-likeness (QED) is 0.578. The molecule has 1 atom stereocenters. The first kappa shape index (κ1) is 9.95. The predicted octanol–water partition coefficient (Wildman–Crippen LogP) is -0.671. The van der Waals surface area contributed by atoms with Gasteiger partial charge in [0.2, 0.25) is 0 Å². The molecule has 1 fully saturated rings. The highest BCUT2D eigenvalue weighted by Crippen LogP contribution is 2.16. The van der Waals surface area contributed by atoms with E-state index in [1.165, 1.54) is 6.26 Å². The minimum absolute atomic E-state index is 0.369. The third-order valence-electron chi connectivity index (χ3n) is 2.12. The fourth-order valence-corrected chi connectivity index (χ4v) is 3.20. The molecule has 0 aromatic carbocycles. The molecule has 1 aliphatic heterocycles. The lowest BCUT2D eigenvalue weighted by Crippen LogP contribution is -2.65. The van der Waals surface area contributed by atoms with Crippen LogP contribution in [-0.2, 0) is 9.84 Å². The molecule has 1 unspecified atom stereocenters. The van der Waals surface area contributed by atoms with Crippen LogP contribution in [0.15, 0.2) is 0 Å².